The summed E-state index contributed by atoms with van der Waals surface area (Å²) in [5.41, 5.74) is 2.84. The number of hydrogen-bond acceptors (Lipinski definition) is 2. The molecule has 2 aromatic carbocycles. The molecule has 0 radical (unpaired) electrons. The van der Waals surface area contributed by atoms with Crippen LogP contribution in [0.3, 0.4) is 0 Å². The molecule has 0 aromatic heterocycles. The molecule has 0 amide bonds. The lowest BCUT2D eigenvalue weighted by atomic mass is 10.0. The van der Waals surface area contributed by atoms with Crippen LogP contribution in [0, 0.1) is 0 Å². The van der Waals surface area contributed by atoms with E-state index < -0.39 is 0 Å². The van der Waals surface area contributed by atoms with Crippen LogP contribution in [0.2, 0.25) is 0 Å². The second-order valence-electron chi connectivity index (χ2n) is 5.29. The molecule has 1 heterocycles. The average molecular weight is 320 g/mol. The number of benzene rings is 2. The van der Waals surface area contributed by atoms with Gasteiger partial charge in [-0.05, 0) is 37.1 Å². The minimum atomic E-state index is 0. The van der Waals surface area contributed by atoms with Crippen LogP contribution in [-0.2, 0) is 0 Å². The molecule has 0 aliphatic carbocycles. The van der Waals surface area contributed by atoms with Gasteiger partial charge in [-0.15, -0.1) is 24.2 Å². The van der Waals surface area contributed by atoms with E-state index in [2.05, 4.69) is 77.7 Å². The van der Waals surface area contributed by atoms with Crippen LogP contribution in [0.1, 0.15) is 29.2 Å². The Morgan fingerprint density at radius 3 is 1.76 bits per heavy atom. The molecule has 1 N–H and O–H groups in total. The third-order valence-electron chi connectivity index (χ3n) is 3.82. The van der Waals surface area contributed by atoms with Crippen molar-refractivity contribution in [3.8, 4) is 0 Å². The van der Waals surface area contributed by atoms with Crippen LogP contribution in [-0.4, -0.2) is 18.3 Å². The number of rotatable bonds is 4. The number of nitrogens with one attached hydrogen (secondary N) is 1. The van der Waals surface area contributed by atoms with E-state index in [-0.39, 0.29) is 12.4 Å². The molecule has 0 saturated carbocycles. The van der Waals surface area contributed by atoms with Gasteiger partial charge in [0.2, 0.25) is 0 Å². The number of hydrogen-bond donors (Lipinski definition) is 1. The van der Waals surface area contributed by atoms with E-state index in [1.807, 2.05) is 0 Å². The maximum atomic E-state index is 3.45. The van der Waals surface area contributed by atoms with E-state index in [4.69, 9.17) is 0 Å². The maximum absolute atomic E-state index is 3.45. The van der Waals surface area contributed by atoms with Gasteiger partial charge >= 0.3 is 0 Å². The molecule has 1 nitrogen and oxygen atoms in total. The molecule has 112 valence electrons. The Bertz CT molecular complexity index is 472. The van der Waals surface area contributed by atoms with Crippen LogP contribution < -0.4 is 5.32 Å². The average Bonchev–Trinajstić information content (AvgIpc) is 2.55. The second-order valence-corrected chi connectivity index (χ2v) is 6.70. The first-order valence-electron chi connectivity index (χ1n) is 7.39. The lowest BCUT2D eigenvalue weighted by Crippen LogP contribution is -2.29. The van der Waals surface area contributed by atoms with Gasteiger partial charge < -0.3 is 5.32 Å². The SMILES string of the molecule is Cl.c1ccc(C(SC2CCNCC2)c2ccccc2)cc1. The first kappa shape index (κ1) is 16.4. The lowest BCUT2D eigenvalue weighted by molar-refractivity contribution is 0.531. The van der Waals surface area contributed by atoms with E-state index in [1.54, 1.807) is 0 Å². The molecular formula is C18H22ClNS. The summed E-state index contributed by atoms with van der Waals surface area (Å²) in [6, 6.07) is 21.8. The Morgan fingerprint density at radius 2 is 1.29 bits per heavy atom. The summed E-state index contributed by atoms with van der Waals surface area (Å²) in [6.45, 7) is 2.32. The molecule has 0 bridgehead atoms. The highest BCUT2D eigenvalue weighted by molar-refractivity contribution is 8.00. The molecule has 0 spiro atoms. The fourth-order valence-electron chi connectivity index (χ4n) is 2.73. The van der Waals surface area contributed by atoms with Gasteiger partial charge in [0.05, 0.1) is 5.25 Å². The fourth-order valence-corrected chi connectivity index (χ4v) is 4.25. The quantitative estimate of drug-likeness (QED) is 0.878. The first-order valence-corrected chi connectivity index (χ1v) is 8.34. The van der Waals surface area contributed by atoms with Crippen molar-refractivity contribution in [2.45, 2.75) is 23.3 Å². The zero-order chi connectivity index (χ0) is 13.6. The molecule has 0 atom stereocenters. The van der Waals surface area contributed by atoms with Gasteiger partial charge in [0.25, 0.3) is 0 Å². The summed E-state index contributed by atoms with van der Waals surface area (Å²) in [5, 5.41) is 4.68. The monoisotopic (exact) mass is 319 g/mol. The van der Waals surface area contributed by atoms with Crippen molar-refractivity contribution in [1.82, 2.24) is 5.32 Å². The molecule has 21 heavy (non-hydrogen) atoms. The van der Waals surface area contributed by atoms with Crippen LogP contribution in [0.4, 0.5) is 0 Å². The predicted octanol–water partition coefficient (Wildman–Crippen LogP) is 4.68. The Hall–Kier alpha value is -0.960. The van der Waals surface area contributed by atoms with Crippen molar-refractivity contribution in [2.75, 3.05) is 13.1 Å². The maximum Gasteiger partial charge on any atom is 0.0549 e. The summed E-state index contributed by atoms with van der Waals surface area (Å²) < 4.78 is 0. The zero-order valence-electron chi connectivity index (χ0n) is 12.1. The fraction of sp³-hybridized carbons (Fsp3) is 0.333. The van der Waals surface area contributed by atoms with Crippen LogP contribution >= 0.6 is 24.2 Å². The summed E-state index contributed by atoms with van der Waals surface area (Å²) in [4.78, 5) is 0. The number of halogens is 1. The molecule has 3 rings (SSSR count). The summed E-state index contributed by atoms with van der Waals surface area (Å²) in [6.07, 6.45) is 2.56. The molecular weight excluding hydrogens is 298 g/mol. The summed E-state index contributed by atoms with van der Waals surface area (Å²) in [7, 11) is 0. The van der Waals surface area contributed by atoms with Crippen molar-refractivity contribution in [1.29, 1.82) is 0 Å². The first-order chi connectivity index (χ1) is 9.93. The minimum Gasteiger partial charge on any atom is -0.317 e. The van der Waals surface area contributed by atoms with Gasteiger partial charge in [-0.25, -0.2) is 0 Å². The second kappa shape index (κ2) is 8.47. The predicted molar refractivity (Wildman–Crippen MR) is 95.5 cm³/mol. The topological polar surface area (TPSA) is 12.0 Å². The van der Waals surface area contributed by atoms with E-state index in [0.717, 1.165) is 18.3 Å². The normalized spacial score (nSPS) is 15.7. The minimum absolute atomic E-state index is 0. The molecule has 0 unspecified atom stereocenters. The third kappa shape index (κ3) is 4.50. The Balaban J connectivity index is 0.00000161. The van der Waals surface area contributed by atoms with E-state index in [0.29, 0.717) is 5.25 Å². The number of thioether (sulfide) groups is 1. The van der Waals surface area contributed by atoms with Gasteiger partial charge in [0, 0.05) is 5.25 Å². The Kier molecular flexibility index (Phi) is 6.62. The van der Waals surface area contributed by atoms with Crippen LogP contribution in [0.25, 0.3) is 0 Å². The highest BCUT2D eigenvalue weighted by atomic mass is 35.5. The summed E-state index contributed by atoms with van der Waals surface area (Å²) >= 11 is 2.13. The van der Waals surface area contributed by atoms with Crippen molar-refractivity contribution < 1.29 is 0 Å². The van der Waals surface area contributed by atoms with Gasteiger partial charge in [-0.3, -0.25) is 0 Å². The van der Waals surface area contributed by atoms with Crippen molar-refractivity contribution in [2.24, 2.45) is 0 Å². The Labute approximate surface area is 137 Å². The lowest BCUT2D eigenvalue weighted by Gasteiger charge is -2.27. The van der Waals surface area contributed by atoms with Crippen molar-refractivity contribution in [3.63, 3.8) is 0 Å². The standard InChI is InChI=1S/C18H21NS.ClH/c1-3-7-15(8-4-1)18(16-9-5-2-6-10-16)20-17-11-13-19-14-12-17;/h1-10,17-19H,11-14H2;1H. The third-order valence-corrected chi connectivity index (χ3v) is 5.49. The highest BCUT2D eigenvalue weighted by Gasteiger charge is 2.21. The van der Waals surface area contributed by atoms with Gasteiger partial charge in [-0.1, -0.05) is 60.7 Å². The highest BCUT2D eigenvalue weighted by Crippen LogP contribution is 2.40. The van der Waals surface area contributed by atoms with Crippen molar-refractivity contribution >= 4 is 24.2 Å². The van der Waals surface area contributed by atoms with E-state index in [9.17, 15) is 0 Å². The Morgan fingerprint density at radius 1 is 0.810 bits per heavy atom. The van der Waals surface area contributed by atoms with E-state index in [1.165, 1.54) is 24.0 Å². The molecule has 1 fully saturated rings. The summed E-state index contributed by atoms with van der Waals surface area (Å²) in [5.74, 6) is 0. The van der Waals surface area contributed by atoms with Crippen molar-refractivity contribution in [3.05, 3.63) is 71.8 Å². The smallest absolute Gasteiger partial charge is 0.0549 e. The molecule has 2 aromatic rings. The van der Waals surface area contributed by atoms with E-state index >= 15 is 0 Å². The zero-order valence-corrected chi connectivity index (χ0v) is 13.7. The van der Waals surface area contributed by atoms with Gasteiger partial charge in [0.15, 0.2) is 0 Å². The van der Waals surface area contributed by atoms with Crippen LogP contribution in [0.5, 0.6) is 0 Å². The number of piperidine rings is 1. The molecule has 1 saturated heterocycles. The van der Waals surface area contributed by atoms with Gasteiger partial charge in [-0.2, -0.15) is 0 Å². The van der Waals surface area contributed by atoms with Crippen LogP contribution in [0.15, 0.2) is 60.7 Å². The molecule has 3 heteroatoms. The molecule has 1 aliphatic heterocycles. The molecule has 1 aliphatic rings. The van der Waals surface area contributed by atoms with Gasteiger partial charge in [0.1, 0.15) is 0 Å². The largest absolute Gasteiger partial charge is 0.317 e.